The van der Waals surface area contributed by atoms with Crippen LogP contribution < -0.4 is 5.32 Å². The summed E-state index contributed by atoms with van der Waals surface area (Å²) in [5, 5.41) is 3.29. The summed E-state index contributed by atoms with van der Waals surface area (Å²) >= 11 is 0. The van der Waals surface area contributed by atoms with Crippen LogP contribution in [-0.4, -0.2) is 25.9 Å². The molecular weight excluding hydrogens is 243 g/mol. The lowest BCUT2D eigenvalue weighted by Gasteiger charge is -2.24. The van der Waals surface area contributed by atoms with Crippen LogP contribution in [0.15, 0.2) is 23.5 Å². The summed E-state index contributed by atoms with van der Waals surface area (Å²) in [6.45, 7) is 2.60. The van der Waals surface area contributed by atoms with Gasteiger partial charge in [0.15, 0.2) is 0 Å². The predicted molar refractivity (Wildman–Crippen MR) is 63.0 cm³/mol. The third kappa shape index (κ3) is 3.77. The first kappa shape index (κ1) is 13.5. The summed E-state index contributed by atoms with van der Waals surface area (Å²) in [6, 6.07) is 0. The normalized spacial score (nSPS) is 25.4. The number of nitrogens with one attached hydrogen (secondary N) is 1. The summed E-state index contributed by atoms with van der Waals surface area (Å²) in [5.74, 6) is 1.15. The molecule has 1 aliphatic carbocycles. The standard InChI is InChI=1S/C13H18F3NO/c14-13(15,16)11-3-5-12(6-4-11)18-9-10-2-1-7-17-8-10/h3,5,10,17H,1-2,4,6-9H2. The first-order chi connectivity index (χ1) is 8.55. The van der Waals surface area contributed by atoms with Gasteiger partial charge >= 0.3 is 6.18 Å². The van der Waals surface area contributed by atoms with E-state index in [-0.39, 0.29) is 6.42 Å². The second kappa shape index (κ2) is 5.78. The fourth-order valence-electron chi connectivity index (χ4n) is 2.27. The van der Waals surface area contributed by atoms with Crippen molar-refractivity contribution in [1.29, 1.82) is 0 Å². The second-order valence-corrected chi connectivity index (χ2v) is 4.85. The zero-order chi connectivity index (χ0) is 13.0. The van der Waals surface area contributed by atoms with Crippen molar-refractivity contribution in [3.8, 4) is 0 Å². The summed E-state index contributed by atoms with van der Waals surface area (Å²) in [7, 11) is 0. The van der Waals surface area contributed by atoms with E-state index in [1.165, 1.54) is 6.08 Å². The highest BCUT2D eigenvalue weighted by Crippen LogP contribution is 2.33. The molecule has 0 radical (unpaired) electrons. The van der Waals surface area contributed by atoms with Crippen LogP contribution >= 0.6 is 0 Å². The Labute approximate surface area is 105 Å². The van der Waals surface area contributed by atoms with Gasteiger partial charge in [0.2, 0.25) is 0 Å². The molecule has 1 fully saturated rings. The van der Waals surface area contributed by atoms with E-state index in [0.717, 1.165) is 32.0 Å². The Kier molecular flexibility index (Phi) is 4.32. The molecule has 2 rings (SSSR count). The van der Waals surface area contributed by atoms with Crippen LogP contribution in [0.25, 0.3) is 0 Å². The molecule has 1 unspecified atom stereocenters. The van der Waals surface area contributed by atoms with Gasteiger partial charge in [0, 0.05) is 24.5 Å². The Balaban J connectivity index is 1.81. The molecule has 1 saturated heterocycles. The molecule has 18 heavy (non-hydrogen) atoms. The van der Waals surface area contributed by atoms with Crippen molar-refractivity contribution in [1.82, 2.24) is 5.32 Å². The molecule has 0 saturated carbocycles. The molecule has 1 aliphatic heterocycles. The lowest BCUT2D eigenvalue weighted by atomic mass is 10.0. The van der Waals surface area contributed by atoms with Gasteiger partial charge in [0.1, 0.15) is 0 Å². The van der Waals surface area contributed by atoms with E-state index in [1.807, 2.05) is 0 Å². The maximum Gasteiger partial charge on any atom is 0.412 e. The molecule has 2 aliphatic rings. The zero-order valence-corrected chi connectivity index (χ0v) is 10.2. The first-order valence-electron chi connectivity index (χ1n) is 6.36. The predicted octanol–water partition coefficient (Wildman–Crippen LogP) is 3.17. The molecular formula is C13H18F3NO. The quantitative estimate of drug-likeness (QED) is 0.842. The van der Waals surface area contributed by atoms with Gasteiger partial charge in [0.25, 0.3) is 0 Å². The molecule has 0 aromatic carbocycles. The van der Waals surface area contributed by atoms with Crippen molar-refractivity contribution in [2.24, 2.45) is 5.92 Å². The number of hydrogen-bond donors (Lipinski definition) is 1. The Morgan fingerprint density at radius 3 is 2.67 bits per heavy atom. The lowest BCUT2D eigenvalue weighted by Crippen LogP contribution is -2.32. The number of alkyl halides is 3. The molecule has 1 N–H and O–H groups in total. The molecule has 0 amide bonds. The first-order valence-corrected chi connectivity index (χ1v) is 6.36. The minimum absolute atomic E-state index is 0.0260. The molecule has 102 valence electrons. The van der Waals surface area contributed by atoms with Crippen molar-refractivity contribution in [2.45, 2.75) is 31.9 Å². The molecule has 0 bridgehead atoms. The molecule has 1 atom stereocenters. The number of hydrogen-bond acceptors (Lipinski definition) is 2. The van der Waals surface area contributed by atoms with E-state index in [2.05, 4.69) is 5.32 Å². The Morgan fingerprint density at radius 2 is 2.11 bits per heavy atom. The van der Waals surface area contributed by atoms with Crippen LogP contribution in [-0.2, 0) is 4.74 Å². The van der Waals surface area contributed by atoms with Crippen LogP contribution in [0.2, 0.25) is 0 Å². The van der Waals surface area contributed by atoms with Gasteiger partial charge < -0.3 is 10.1 Å². The van der Waals surface area contributed by atoms with Crippen molar-refractivity contribution in [2.75, 3.05) is 19.7 Å². The van der Waals surface area contributed by atoms with Crippen molar-refractivity contribution in [3.63, 3.8) is 0 Å². The van der Waals surface area contributed by atoms with Gasteiger partial charge in [-0.3, -0.25) is 0 Å². The van der Waals surface area contributed by atoms with Crippen LogP contribution in [0, 0.1) is 5.92 Å². The maximum absolute atomic E-state index is 12.4. The highest BCUT2D eigenvalue weighted by Gasteiger charge is 2.33. The molecule has 2 nitrogen and oxygen atoms in total. The Hall–Kier alpha value is -0.970. The Morgan fingerprint density at radius 1 is 1.28 bits per heavy atom. The number of piperidine rings is 1. The summed E-state index contributed by atoms with van der Waals surface area (Å²) in [6.07, 6.45) is 1.05. The molecule has 5 heteroatoms. The van der Waals surface area contributed by atoms with Gasteiger partial charge in [-0.15, -0.1) is 0 Å². The van der Waals surface area contributed by atoms with E-state index in [9.17, 15) is 13.2 Å². The molecule has 0 aromatic rings. The number of rotatable bonds is 3. The van der Waals surface area contributed by atoms with Gasteiger partial charge in [-0.25, -0.2) is 0 Å². The molecule has 1 heterocycles. The van der Waals surface area contributed by atoms with Crippen LogP contribution in [0.3, 0.4) is 0 Å². The second-order valence-electron chi connectivity index (χ2n) is 4.85. The van der Waals surface area contributed by atoms with Gasteiger partial charge in [-0.1, -0.05) is 6.08 Å². The fraction of sp³-hybridized carbons (Fsp3) is 0.692. The average molecular weight is 261 g/mol. The minimum atomic E-state index is -4.20. The largest absolute Gasteiger partial charge is 0.498 e. The van der Waals surface area contributed by atoms with E-state index < -0.39 is 11.7 Å². The topological polar surface area (TPSA) is 21.3 Å². The highest BCUT2D eigenvalue weighted by atomic mass is 19.4. The summed E-state index contributed by atoms with van der Waals surface area (Å²) in [4.78, 5) is 0. The van der Waals surface area contributed by atoms with Gasteiger partial charge in [0.05, 0.1) is 12.4 Å². The van der Waals surface area contributed by atoms with E-state index >= 15 is 0 Å². The summed E-state index contributed by atoms with van der Waals surface area (Å²) < 4.78 is 42.8. The van der Waals surface area contributed by atoms with Crippen LogP contribution in [0.5, 0.6) is 0 Å². The number of halogens is 3. The van der Waals surface area contributed by atoms with E-state index in [0.29, 0.717) is 24.7 Å². The Bertz CT molecular complexity index is 341. The van der Waals surface area contributed by atoms with Gasteiger partial charge in [-0.2, -0.15) is 13.2 Å². The summed E-state index contributed by atoms with van der Waals surface area (Å²) in [5.41, 5.74) is -0.464. The average Bonchev–Trinajstić information content (AvgIpc) is 2.37. The number of allylic oxidation sites excluding steroid dienone is 4. The zero-order valence-electron chi connectivity index (χ0n) is 10.2. The van der Waals surface area contributed by atoms with Crippen molar-refractivity contribution < 1.29 is 17.9 Å². The molecule has 0 aromatic heterocycles. The van der Waals surface area contributed by atoms with Crippen molar-refractivity contribution >= 4 is 0 Å². The smallest absolute Gasteiger partial charge is 0.412 e. The third-order valence-electron chi connectivity index (χ3n) is 3.38. The van der Waals surface area contributed by atoms with Crippen LogP contribution in [0.1, 0.15) is 25.7 Å². The monoisotopic (exact) mass is 261 g/mol. The lowest BCUT2D eigenvalue weighted by molar-refractivity contribution is -0.0944. The highest BCUT2D eigenvalue weighted by molar-refractivity contribution is 5.24. The van der Waals surface area contributed by atoms with E-state index in [4.69, 9.17) is 4.74 Å². The number of ether oxygens (including phenoxy) is 1. The van der Waals surface area contributed by atoms with Crippen molar-refractivity contribution in [3.05, 3.63) is 23.5 Å². The molecule has 0 spiro atoms. The maximum atomic E-state index is 12.4. The van der Waals surface area contributed by atoms with E-state index in [1.54, 1.807) is 0 Å². The van der Waals surface area contributed by atoms with Gasteiger partial charge in [-0.05, 0) is 31.9 Å². The SMILES string of the molecule is FC(F)(F)C1=CC=C(OCC2CCCNC2)CC1. The van der Waals surface area contributed by atoms with Crippen LogP contribution in [0.4, 0.5) is 13.2 Å². The fourth-order valence-corrected chi connectivity index (χ4v) is 2.27. The minimum Gasteiger partial charge on any atom is -0.498 e. The third-order valence-corrected chi connectivity index (χ3v) is 3.38.